The van der Waals surface area contributed by atoms with Crippen molar-refractivity contribution in [2.45, 2.75) is 32.5 Å². The molecule has 0 aromatic heterocycles. The first kappa shape index (κ1) is 28.9. The molecule has 2 aliphatic heterocycles. The Labute approximate surface area is 247 Å². The van der Waals surface area contributed by atoms with Crippen LogP contribution in [0.15, 0.2) is 100 Å². The molecule has 0 aliphatic carbocycles. The second-order valence-corrected chi connectivity index (χ2v) is 10.5. The van der Waals surface area contributed by atoms with Crippen LogP contribution in [0.5, 0.6) is 11.5 Å². The molecule has 0 radical (unpaired) electrons. The molecule has 42 heavy (non-hydrogen) atoms. The third kappa shape index (κ3) is 6.33. The highest BCUT2D eigenvalue weighted by molar-refractivity contribution is 8.16. The maximum Gasteiger partial charge on any atom is 0.338 e. The standard InChI is InChI=1S/C32H30FN3O5S/c1-20-29(31(38)41-18-22-7-5-4-6-8-22)30(23-11-14-26(39-2)27(15-23)40-3)36-25(19-42-32(36)35-20)16-28(37)34-17-21-9-12-24(33)13-10-21/h4-15,19,30H,16-18H2,1-3H3,(H,34,37). The van der Waals surface area contributed by atoms with Crippen LogP contribution in [0, 0.1) is 5.82 Å². The van der Waals surface area contributed by atoms with Gasteiger partial charge in [-0.3, -0.25) is 4.79 Å². The molecule has 8 nitrogen and oxygen atoms in total. The maximum absolute atomic E-state index is 13.7. The largest absolute Gasteiger partial charge is 0.493 e. The van der Waals surface area contributed by atoms with Crippen molar-refractivity contribution in [2.75, 3.05) is 14.2 Å². The van der Waals surface area contributed by atoms with Gasteiger partial charge in [0.15, 0.2) is 16.7 Å². The first-order chi connectivity index (χ1) is 20.4. The third-order valence-electron chi connectivity index (χ3n) is 6.90. The van der Waals surface area contributed by atoms with Gasteiger partial charge in [-0.1, -0.05) is 60.3 Å². The second kappa shape index (κ2) is 12.9. The van der Waals surface area contributed by atoms with Gasteiger partial charge in [0.05, 0.1) is 38.0 Å². The Kier molecular flexibility index (Phi) is 8.92. The molecule has 1 N–H and O–H groups in total. The fraction of sp³-hybridized carbons (Fsp3) is 0.219. The molecule has 1 unspecified atom stereocenters. The molecule has 3 aromatic rings. The second-order valence-electron chi connectivity index (χ2n) is 9.65. The molecule has 0 saturated carbocycles. The molecule has 0 spiro atoms. The van der Waals surface area contributed by atoms with Crippen molar-refractivity contribution in [3.05, 3.63) is 118 Å². The molecule has 2 aliphatic rings. The average molecular weight is 588 g/mol. The number of nitrogens with zero attached hydrogens (tertiary/aromatic N) is 2. The number of halogens is 1. The van der Waals surface area contributed by atoms with Gasteiger partial charge in [0, 0.05) is 12.2 Å². The SMILES string of the molecule is COc1ccc(C2C(C(=O)OCc3ccccc3)=C(C)N=C3SC=C(CC(=O)NCc4ccc(F)cc4)N32)cc1OC. The monoisotopic (exact) mass is 587 g/mol. The van der Waals surface area contributed by atoms with E-state index >= 15 is 0 Å². The quantitative estimate of drug-likeness (QED) is 0.297. The van der Waals surface area contributed by atoms with Gasteiger partial charge in [-0.2, -0.15) is 0 Å². The lowest BCUT2D eigenvalue weighted by atomic mass is 9.93. The first-order valence-corrected chi connectivity index (χ1v) is 14.1. The number of carbonyl (C=O) groups is 2. The molecular weight excluding hydrogens is 557 g/mol. The van der Waals surface area contributed by atoms with Crippen molar-refractivity contribution in [3.63, 3.8) is 0 Å². The van der Waals surface area contributed by atoms with E-state index in [2.05, 4.69) is 5.32 Å². The molecule has 0 bridgehead atoms. The number of methoxy groups -OCH3 is 2. The number of carbonyl (C=O) groups excluding carboxylic acids is 2. The van der Waals surface area contributed by atoms with Crippen LogP contribution in [0.2, 0.25) is 0 Å². The molecule has 2 heterocycles. The number of nitrogens with one attached hydrogen (secondary N) is 1. The Morgan fingerprint density at radius 2 is 1.71 bits per heavy atom. The molecule has 0 fully saturated rings. The molecule has 5 rings (SSSR count). The zero-order valence-electron chi connectivity index (χ0n) is 23.4. The van der Waals surface area contributed by atoms with E-state index in [0.29, 0.717) is 33.6 Å². The first-order valence-electron chi connectivity index (χ1n) is 13.3. The highest BCUT2D eigenvalue weighted by Gasteiger charge is 2.41. The summed E-state index contributed by atoms with van der Waals surface area (Å²) in [7, 11) is 3.11. The normalized spacial score (nSPS) is 15.9. The number of aliphatic imine (C=N–C) groups is 1. The zero-order chi connectivity index (χ0) is 29.6. The molecule has 0 saturated heterocycles. The van der Waals surface area contributed by atoms with E-state index in [9.17, 15) is 14.0 Å². The van der Waals surface area contributed by atoms with Gasteiger partial charge in [0.1, 0.15) is 12.4 Å². The number of fused-ring (bicyclic) bond motifs is 1. The van der Waals surface area contributed by atoms with Crippen molar-refractivity contribution in [3.8, 4) is 11.5 Å². The van der Waals surface area contributed by atoms with Crippen LogP contribution in [-0.4, -0.2) is 36.2 Å². The minimum absolute atomic E-state index is 0.0440. The van der Waals surface area contributed by atoms with Gasteiger partial charge in [-0.15, -0.1) is 0 Å². The summed E-state index contributed by atoms with van der Waals surface area (Å²) in [6.45, 7) is 2.15. The van der Waals surface area contributed by atoms with Crippen LogP contribution in [0.4, 0.5) is 4.39 Å². The third-order valence-corrected chi connectivity index (χ3v) is 7.79. The fourth-order valence-electron chi connectivity index (χ4n) is 4.80. The summed E-state index contributed by atoms with van der Waals surface area (Å²) >= 11 is 1.39. The number of hydrogen-bond acceptors (Lipinski definition) is 8. The number of thioether (sulfide) groups is 1. The summed E-state index contributed by atoms with van der Waals surface area (Å²) in [6.07, 6.45) is 0.0440. The summed E-state index contributed by atoms with van der Waals surface area (Å²) in [5.74, 6) is -0.0126. The number of amides is 1. The molecule has 3 aromatic carbocycles. The van der Waals surface area contributed by atoms with Gasteiger partial charge in [0.2, 0.25) is 5.91 Å². The number of hydrogen-bond donors (Lipinski definition) is 1. The van der Waals surface area contributed by atoms with E-state index in [1.165, 1.54) is 23.9 Å². The van der Waals surface area contributed by atoms with Gasteiger partial charge in [0.25, 0.3) is 0 Å². The number of benzene rings is 3. The highest BCUT2D eigenvalue weighted by atomic mass is 32.2. The van der Waals surface area contributed by atoms with E-state index in [4.69, 9.17) is 19.2 Å². The van der Waals surface area contributed by atoms with E-state index < -0.39 is 12.0 Å². The topological polar surface area (TPSA) is 89.5 Å². The lowest BCUT2D eigenvalue weighted by molar-refractivity contribution is -0.141. The van der Waals surface area contributed by atoms with Gasteiger partial charge < -0.3 is 24.4 Å². The van der Waals surface area contributed by atoms with E-state index in [1.807, 2.05) is 52.8 Å². The Bertz CT molecular complexity index is 1570. The van der Waals surface area contributed by atoms with Crippen LogP contribution >= 0.6 is 11.8 Å². The van der Waals surface area contributed by atoms with E-state index in [-0.39, 0.29) is 31.3 Å². The number of ether oxygens (including phenoxy) is 3. The summed E-state index contributed by atoms with van der Waals surface area (Å²) < 4.78 is 30.0. The van der Waals surface area contributed by atoms with Crippen LogP contribution in [0.3, 0.4) is 0 Å². The van der Waals surface area contributed by atoms with Crippen molar-refractivity contribution >= 4 is 28.8 Å². The predicted molar refractivity (Wildman–Crippen MR) is 159 cm³/mol. The lowest BCUT2D eigenvalue weighted by Crippen LogP contribution is -2.38. The van der Waals surface area contributed by atoms with Crippen LogP contribution in [-0.2, 0) is 27.5 Å². The van der Waals surface area contributed by atoms with Gasteiger partial charge in [-0.25, -0.2) is 14.2 Å². The minimum Gasteiger partial charge on any atom is -0.493 e. The summed E-state index contributed by atoms with van der Waals surface area (Å²) in [6, 6.07) is 20.2. The van der Waals surface area contributed by atoms with Gasteiger partial charge >= 0.3 is 5.97 Å². The number of amidine groups is 1. The van der Waals surface area contributed by atoms with Crippen molar-refractivity contribution < 1.29 is 28.2 Å². The van der Waals surface area contributed by atoms with E-state index in [0.717, 1.165) is 16.7 Å². The van der Waals surface area contributed by atoms with Crippen molar-refractivity contribution in [1.29, 1.82) is 0 Å². The minimum atomic E-state index is -0.633. The van der Waals surface area contributed by atoms with Crippen molar-refractivity contribution in [2.24, 2.45) is 4.99 Å². The zero-order valence-corrected chi connectivity index (χ0v) is 24.2. The summed E-state index contributed by atoms with van der Waals surface area (Å²) in [5.41, 5.74) is 3.96. The Balaban J connectivity index is 1.43. The lowest BCUT2D eigenvalue weighted by Gasteiger charge is -2.36. The summed E-state index contributed by atoms with van der Waals surface area (Å²) in [4.78, 5) is 33.3. The molecule has 1 amide bonds. The van der Waals surface area contributed by atoms with Crippen molar-refractivity contribution in [1.82, 2.24) is 10.2 Å². The number of allylic oxidation sites excluding steroid dienone is 1. The fourth-order valence-corrected chi connectivity index (χ4v) is 5.76. The van der Waals surface area contributed by atoms with Gasteiger partial charge in [-0.05, 0) is 53.3 Å². The maximum atomic E-state index is 13.7. The number of esters is 1. The highest BCUT2D eigenvalue weighted by Crippen LogP contribution is 2.46. The van der Waals surface area contributed by atoms with Crippen LogP contribution in [0.25, 0.3) is 0 Å². The number of rotatable bonds is 10. The smallest absolute Gasteiger partial charge is 0.338 e. The Morgan fingerprint density at radius 3 is 2.43 bits per heavy atom. The molecule has 216 valence electrons. The average Bonchev–Trinajstić information content (AvgIpc) is 3.40. The molecule has 10 heteroatoms. The van der Waals surface area contributed by atoms with Crippen LogP contribution in [0.1, 0.15) is 36.1 Å². The Morgan fingerprint density at radius 1 is 0.976 bits per heavy atom. The molecular formula is C32H30FN3O5S. The predicted octanol–water partition coefficient (Wildman–Crippen LogP) is 5.87. The molecule has 1 atom stereocenters. The van der Waals surface area contributed by atoms with E-state index in [1.54, 1.807) is 39.3 Å². The van der Waals surface area contributed by atoms with Crippen LogP contribution < -0.4 is 14.8 Å². The summed E-state index contributed by atoms with van der Waals surface area (Å²) in [5, 5.41) is 5.41. The Hall–Kier alpha value is -4.57.